The second-order valence-corrected chi connectivity index (χ2v) is 7.22. The van der Waals surface area contributed by atoms with Gasteiger partial charge in [-0.3, -0.25) is 4.79 Å². The van der Waals surface area contributed by atoms with E-state index in [0.29, 0.717) is 21.6 Å². The van der Waals surface area contributed by atoms with Gasteiger partial charge in [0.05, 0.1) is 18.6 Å². The van der Waals surface area contributed by atoms with E-state index < -0.39 is 0 Å². The van der Waals surface area contributed by atoms with Crippen LogP contribution in [0.25, 0.3) is 11.4 Å². The molecular weight excluding hydrogens is 384 g/mol. The highest BCUT2D eigenvalue weighted by Gasteiger charge is 2.14. The first-order valence-electron chi connectivity index (χ1n) is 8.21. The fourth-order valence-electron chi connectivity index (χ4n) is 2.53. The van der Waals surface area contributed by atoms with Crippen molar-refractivity contribution in [3.63, 3.8) is 0 Å². The molecule has 2 aromatic carbocycles. The predicted molar refractivity (Wildman–Crippen MR) is 109 cm³/mol. The van der Waals surface area contributed by atoms with Crippen molar-refractivity contribution in [2.75, 3.05) is 18.2 Å². The van der Waals surface area contributed by atoms with Gasteiger partial charge in [0.1, 0.15) is 5.75 Å². The van der Waals surface area contributed by atoms with Crippen molar-refractivity contribution < 1.29 is 9.53 Å². The zero-order chi connectivity index (χ0) is 19.4. The monoisotopic (exact) mass is 402 g/mol. The average Bonchev–Trinajstić information content (AvgIpc) is 3.04. The van der Waals surface area contributed by atoms with Gasteiger partial charge in [0.2, 0.25) is 5.91 Å². The highest BCUT2D eigenvalue weighted by Crippen LogP contribution is 2.31. The Morgan fingerprint density at radius 3 is 2.70 bits per heavy atom. The standard InChI is InChI=1S/C19H19ClN4O2S/c1-12-9-15(16(26-3)10-14(12)20)21-17(25)11-27-19-23-22-18(24(19)2)13-7-5-4-6-8-13/h4-10H,11H2,1-3H3,(H,21,25). The number of nitrogens with zero attached hydrogens (tertiary/aromatic N) is 3. The van der Waals surface area contributed by atoms with E-state index in [1.807, 2.05) is 48.9 Å². The highest BCUT2D eigenvalue weighted by molar-refractivity contribution is 7.99. The normalized spacial score (nSPS) is 10.7. The van der Waals surface area contributed by atoms with Crippen LogP contribution >= 0.6 is 23.4 Å². The SMILES string of the molecule is COc1cc(Cl)c(C)cc1NC(=O)CSc1nnc(-c2ccccc2)n1C. The third-order valence-corrected chi connectivity index (χ3v) is 5.38. The van der Waals surface area contributed by atoms with E-state index in [4.69, 9.17) is 16.3 Å². The molecule has 0 saturated heterocycles. The molecule has 27 heavy (non-hydrogen) atoms. The number of aryl methyl sites for hydroxylation is 1. The Balaban J connectivity index is 1.67. The molecule has 0 fully saturated rings. The molecule has 6 nitrogen and oxygen atoms in total. The molecule has 1 aromatic heterocycles. The van der Waals surface area contributed by atoms with Gasteiger partial charge in [-0.25, -0.2) is 0 Å². The van der Waals surface area contributed by atoms with Crippen molar-refractivity contribution >= 4 is 35.0 Å². The van der Waals surface area contributed by atoms with Crippen molar-refractivity contribution in [2.24, 2.45) is 7.05 Å². The Morgan fingerprint density at radius 1 is 1.26 bits per heavy atom. The van der Waals surface area contributed by atoms with Crippen LogP contribution in [0.5, 0.6) is 5.75 Å². The van der Waals surface area contributed by atoms with Crippen LogP contribution in [-0.2, 0) is 11.8 Å². The number of hydrogen-bond acceptors (Lipinski definition) is 5. The van der Waals surface area contributed by atoms with E-state index in [-0.39, 0.29) is 11.7 Å². The van der Waals surface area contributed by atoms with Gasteiger partial charge in [-0.2, -0.15) is 0 Å². The average molecular weight is 403 g/mol. The summed E-state index contributed by atoms with van der Waals surface area (Å²) >= 11 is 7.42. The minimum Gasteiger partial charge on any atom is -0.495 e. The number of thioether (sulfide) groups is 1. The molecule has 1 N–H and O–H groups in total. The first-order valence-corrected chi connectivity index (χ1v) is 9.57. The molecule has 0 aliphatic heterocycles. The summed E-state index contributed by atoms with van der Waals surface area (Å²) in [6, 6.07) is 13.3. The highest BCUT2D eigenvalue weighted by atomic mass is 35.5. The maximum atomic E-state index is 12.4. The predicted octanol–water partition coefficient (Wildman–Crippen LogP) is 4.18. The van der Waals surface area contributed by atoms with Gasteiger partial charge < -0.3 is 14.6 Å². The smallest absolute Gasteiger partial charge is 0.234 e. The van der Waals surface area contributed by atoms with Crippen molar-refractivity contribution in [1.29, 1.82) is 0 Å². The number of amides is 1. The van der Waals surface area contributed by atoms with Gasteiger partial charge in [0.15, 0.2) is 11.0 Å². The first-order chi connectivity index (χ1) is 13.0. The number of aromatic nitrogens is 3. The summed E-state index contributed by atoms with van der Waals surface area (Å²) in [5, 5.41) is 12.5. The molecule has 1 heterocycles. The molecule has 0 radical (unpaired) electrons. The van der Waals surface area contributed by atoms with E-state index in [0.717, 1.165) is 17.0 Å². The Morgan fingerprint density at radius 2 is 2.00 bits per heavy atom. The van der Waals surface area contributed by atoms with Crippen molar-refractivity contribution in [1.82, 2.24) is 14.8 Å². The summed E-state index contributed by atoms with van der Waals surface area (Å²) < 4.78 is 7.16. The maximum Gasteiger partial charge on any atom is 0.234 e. The lowest BCUT2D eigenvalue weighted by Crippen LogP contribution is -2.15. The van der Waals surface area contributed by atoms with E-state index in [2.05, 4.69) is 15.5 Å². The molecule has 8 heteroatoms. The van der Waals surface area contributed by atoms with Crippen molar-refractivity contribution in [3.8, 4) is 17.1 Å². The van der Waals surface area contributed by atoms with E-state index in [9.17, 15) is 4.79 Å². The van der Waals surface area contributed by atoms with Crippen LogP contribution in [-0.4, -0.2) is 33.5 Å². The lowest BCUT2D eigenvalue weighted by atomic mass is 10.2. The number of benzene rings is 2. The van der Waals surface area contributed by atoms with Crippen LogP contribution in [0.3, 0.4) is 0 Å². The lowest BCUT2D eigenvalue weighted by molar-refractivity contribution is -0.113. The minimum atomic E-state index is -0.163. The van der Waals surface area contributed by atoms with Crippen LogP contribution in [0, 0.1) is 6.92 Å². The molecule has 1 amide bonds. The molecule has 0 saturated carbocycles. The van der Waals surface area contributed by atoms with Crippen LogP contribution in [0.4, 0.5) is 5.69 Å². The van der Waals surface area contributed by atoms with Gasteiger partial charge in [0, 0.05) is 23.7 Å². The second kappa shape index (κ2) is 8.45. The second-order valence-electron chi connectivity index (χ2n) is 5.87. The van der Waals surface area contributed by atoms with Crippen molar-refractivity contribution in [2.45, 2.75) is 12.1 Å². The van der Waals surface area contributed by atoms with Gasteiger partial charge in [-0.05, 0) is 18.6 Å². The van der Waals surface area contributed by atoms with Crippen molar-refractivity contribution in [3.05, 3.63) is 53.1 Å². The largest absolute Gasteiger partial charge is 0.495 e. The van der Waals surface area contributed by atoms with Crippen LogP contribution < -0.4 is 10.1 Å². The number of nitrogens with one attached hydrogen (secondary N) is 1. The number of ether oxygens (including phenoxy) is 1. The number of carbonyl (C=O) groups is 1. The van der Waals surface area contributed by atoms with Crippen LogP contribution in [0.2, 0.25) is 5.02 Å². The molecule has 0 atom stereocenters. The fraction of sp³-hybridized carbons (Fsp3) is 0.211. The fourth-order valence-corrected chi connectivity index (χ4v) is 3.39. The number of methoxy groups -OCH3 is 1. The molecule has 0 bridgehead atoms. The maximum absolute atomic E-state index is 12.4. The molecule has 0 spiro atoms. The van der Waals surface area contributed by atoms with E-state index in [1.165, 1.54) is 18.9 Å². The number of hydrogen-bond donors (Lipinski definition) is 1. The molecular formula is C19H19ClN4O2S. The Labute approximate surface area is 166 Å². The first kappa shape index (κ1) is 19.3. The quantitative estimate of drug-likeness (QED) is 0.626. The number of anilines is 1. The van der Waals surface area contributed by atoms with Gasteiger partial charge in [-0.1, -0.05) is 53.7 Å². The summed E-state index contributed by atoms with van der Waals surface area (Å²) in [4.78, 5) is 12.4. The minimum absolute atomic E-state index is 0.163. The third kappa shape index (κ3) is 4.43. The van der Waals surface area contributed by atoms with E-state index >= 15 is 0 Å². The Kier molecular flexibility index (Phi) is 6.03. The Bertz CT molecular complexity index is 960. The summed E-state index contributed by atoms with van der Waals surface area (Å²) in [6.45, 7) is 1.87. The van der Waals surface area contributed by atoms with E-state index in [1.54, 1.807) is 12.1 Å². The zero-order valence-corrected chi connectivity index (χ0v) is 16.8. The topological polar surface area (TPSA) is 69.0 Å². The van der Waals surface area contributed by atoms with Crippen LogP contribution in [0.1, 0.15) is 5.56 Å². The lowest BCUT2D eigenvalue weighted by Gasteiger charge is -2.12. The van der Waals surface area contributed by atoms with Gasteiger partial charge in [-0.15, -0.1) is 10.2 Å². The number of carbonyl (C=O) groups excluding carboxylic acids is 1. The van der Waals surface area contributed by atoms with Gasteiger partial charge in [0.25, 0.3) is 0 Å². The molecule has 0 aliphatic rings. The molecule has 3 aromatic rings. The summed E-state index contributed by atoms with van der Waals surface area (Å²) in [5.41, 5.74) is 2.43. The number of rotatable bonds is 6. The molecule has 0 unspecified atom stereocenters. The number of halogens is 1. The van der Waals surface area contributed by atoms with Gasteiger partial charge >= 0.3 is 0 Å². The van der Waals surface area contributed by atoms with Crippen LogP contribution in [0.15, 0.2) is 47.6 Å². The summed E-state index contributed by atoms with van der Waals surface area (Å²) in [7, 11) is 3.42. The summed E-state index contributed by atoms with van der Waals surface area (Å²) in [6.07, 6.45) is 0. The molecule has 0 aliphatic carbocycles. The molecule has 140 valence electrons. The Hall–Kier alpha value is -2.51. The third-order valence-electron chi connectivity index (χ3n) is 3.95. The molecule has 3 rings (SSSR count). The summed E-state index contributed by atoms with van der Waals surface area (Å²) in [5.74, 6) is 1.32. The zero-order valence-electron chi connectivity index (χ0n) is 15.2.